The zero-order chi connectivity index (χ0) is 14.5. The SMILES string of the molecule is CC(C)OC(OCCN1CCS(=O)(=O)CC1)C(C)C. The molecule has 114 valence electrons. The van der Waals surface area contributed by atoms with Crippen molar-refractivity contribution in [2.45, 2.75) is 40.1 Å². The summed E-state index contributed by atoms with van der Waals surface area (Å²) in [6, 6.07) is 0. The summed E-state index contributed by atoms with van der Waals surface area (Å²) in [7, 11) is -2.79. The molecule has 1 fully saturated rings. The summed E-state index contributed by atoms with van der Waals surface area (Å²) in [5, 5.41) is 0. The Labute approximate surface area is 117 Å². The second-order valence-corrected chi connectivity index (χ2v) is 7.97. The number of sulfone groups is 1. The Kier molecular flexibility index (Phi) is 6.73. The van der Waals surface area contributed by atoms with Crippen molar-refractivity contribution in [3.8, 4) is 0 Å². The van der Waals surface area contributed by atoms with Gasteiger partial charge in [-0.25, -0.2) is 8.42 Å². The van der Waals surface area contributed by atoms with Gasteiger partial charge in [-0.15, -0.1) is 0 Å². The fourth-order valence-electron chi connectivity index (χ4n) is 1.93. The molecule has 0 aliphatic carbocycles. The zero-order valence-electron chi connectivity index (χ0n) is 12.5. The Hall–Kier alpha value is -0.170. The topological polar surface area (TPSA) is 55.8 Å². The quantitative estimate of drug-likeness (QED) is 0.659. The van der Waals surface area contributed by atoms with Crippen LogP contribution in [0.2, 0.25) is 0 Å². The third-order valence-electron chi connectivity index (χ3n) is 3.08. The van der Waals surface area contributed by atoms with Crippen LogP contribution in [-0.2, 0) is 19.3 Å². The van der Waals surface area contributed by atoms with E-state index < -0.39 is 9.84 Å². The lowest BCUT2D eigenvalue weighted by Crippen LogP contribution is -2.42. The predicted octanol–water partition coefficient (Wildman–Crippen LogP) is 1.14. The molecule has 1 unspecified atom stereocenters. The third-order valence-corrected chi connectivity index (χ3v) is 4.69. The molecule has 0 bridgehead atoms. The van der Waals surface area contributed by atoms with E-state index in [4.69, 9.17) is 9.47 Å². The summed E-state index contributed by atoms with van der Waals surface area (Å²) in [4.78, 5) is 2.13. The summed E-state index contributed by atoms with van der Waals surface area (Å²) in [6.07, 6.45) is -0.0407. The van der Waals surface area contributed by atoms with Crippen molar-refractivity contribution < 1.29 is 17.9 Å². The lowest BCUT2D eigenvalue weighted by atomic mass is 10.2. The van der Waals surface area contributed by atoms with Gasteiger partial charge in [0.1, 0.15) is 0 Å². The van der Waals surface area contributed by atoms with Gasteiger partial charge in [0.15, 0.2) is 16.1 Å². The zero-order valence-corrected chi connectivity index (χ0v) is 13.3. The molecule has 1 rings (SSSR count). The van der Waals surface area contributed by atoms with E-state index in [2.05, 4.69) is 18.7 Å². The van der Waals surface area contributed by atoms with Crippen LogP contribution < -0.4 is 0 Å². The number of hydrogen-bond donors (Lipinski definition) is 0. The molecule has 0 aromatic rings. The Balaban J connectivity index is 2.25. The van der Waals surface area contributed by atoms with Gasteiger partial charge in [0.2, 0.25) is 0 Å². The van der Waals surface area contributed by atoms with E-state index in [1.807, 2.05) is 13.8 Å². The Morgan fingerprint density at radius 2 is 1.68 bits per heavy atom. The van der Waals surface area contributed by atoms with Crippen LogP contribution >= 0.6 is 0 Å². The maximum Gasteiger partial charge on any atom is 0.160 e. The number of nitrogens with zero attached hydrogens (tertiary/aromatic N) is 1. The normalized spacial score (nSPS) is 22.0. The maximum atomic E-state index is 11.3. The number of ether oxygens (including phenoxy) is 2. The predicted molar refractivity (Wildman–Crippen MR) is 75.9 cm³/mol. The van der Waals surface area contributed by atoms with Crippen LogP contribution in [0.25, 0.3) is 0 Å². The molecule has 0 radical (unpaired) electrons. The van der Waals surface area contributed by atoms with Gasteiger partial charge in [-0.3, -0.25) is 4.90 Å². The molecule has 19 heavy (non-hydrogen) atoms. The second kappa shape index (κ2) is 7.57. The largest absolute Gasteiger partial charge is 0.351 e. The number of rotatable bonds is 7. The fraction of sp³-hybridized carbons (Fsp3) is 1.00. The first-order valence-corrected chi connectivity index (χ1v) is 8.82. The maximum absolute atomic E-state index is 11.3. The number of hydrogen-bond acceptors (Lipinski definition) is 5. The van der Waals surface area contributed by atoms with E-state index >= 15 is 0 Å². The van der Waals surface area contributed by atoms with Crippen LogP contribution in [0.4, 0.5) is 0 Å². The minimum Gasteiger partial charge on any atom is -0.351 e. The summed E-state index contributed by atoms with van der Waals surface area (Å²) >= 11 is 0. The molecule has 1 aliphatic heterocycles. The molecule has 0 saturated carbocycles. The van der Waals surface area contributed by atoms with Crippen LogP contribution in [0.15, 0.2) is 0 Å². The van der Waals surface area contributed by atoms with Crippen molar-refractivity contribution >= 4 is 9.84 Å². The highest BCUT2D eigenvalue weighted by Crippen LogP contribution is 2.11. The highest BCUT2D eigenvalue weighted by Gasteiger charge is 2.22. The summed E-state index contributed by atoms with van der Waals surface area (Å²) < 4.78 is 34.1. The van der Waals surface area contributed by atoms with Crippen molar-refractivity contribution in [2.24, 2.45) is 5.92 Å². The van der Waals surface area contributed by atoms with Gasteiger partial charge in [0, 0.05) is 25.6 Å². The fourth-order valence-corrected chi connectivity index (χ4v) is 3.21. The summed E-state index contributed by atoms with van der Waals surface area (Å²) in [5.74, 6) is 0.843. The molecule has 0 N–H and O–H groups in total. The third kappa shape index (κ3) is 6.70. The van der Waals surface area contributed by atoms with Gasteiger partial charge in [-0.1, -0.05) is 13.8 Å². The van der Waals surface area contributed by atoms with Gasteiger partial charge in [0.25, 0.3) is 0 Å². The molecule has 6 heteroatoms. The van der Waals surface area contributed by atoms with Gasteiger partial charge in [-0.2, -0.15) is 0 Å². The average molecular weight is 293 g/mol. The Morgan fingerprint density at radius 3 is 2.16 bits per heavy atom. The molecule has 0 amide bonds. The van der Waals surface area contributed by atoms with E-state index in [9.17, 15) is 8.42 Å². The Morgan fingerprint density at radius 1 is 1.11 bits per heavy atom. The van der Waals surface area contributed by atoms with E-state index in [1.165, 1.54) is 0 Å². The highest BCUT2D eigenvalue weighted by molar-refractivity contribution is 7.91. The Bertz CT molecular complexity index is 340. The molecule has 1 aliphatic rings. The van der Waals surface area contributed by atoms with Crippen LogP contribution in [0, 0.1) is 5.92 Å². The van der Waals surface area contributed by atoms with Gasteiger partial charge in [0.05, 0.1) is 24.2 Å². The standard InChI is InChI=1S/C13H27NO4S/c1-11(2)13(18-12(3)4)17-8-5-14-6-9-19(15,16)10-7-14/h11-13H,5-10H2,1-4H3. The molecular weight excluding hydrogens is 266 g/mol. The molecular formula is C13H27NO4S. The van der Waals surface area contributed by atoms with Crippen molar-refractivity contribution in [3.63, 3.8) is 0 Å². The van der Waals surface area contributed by atoms with Crippen LogP contribution in [-0.4, -0.2) is 63.5 Å². The lowest BCUT2D eigenvalue weighted by molar-refractivity contribution is -0.186. The second-order valence-electron chi connectivity index (χ2n) is 5.66. The average Bonchev–Trinajstić information content (AvgIpc) is 2.29. The highest BCUT2D eigenvalue weighted by atomic mass is 32.2. The first-order chi connectivity index (χ1) is 8.80. The van der Waals surface area contributed by atoms with Crippen molar-refractivity contribution in [1.82, 2.24) is 4.90 Å². The smallest absolute Gasteiger partial charge is 0.160 e. The van der Waals surface area contributed by atoms with Gasteiger partial charge in [-0.05, 0) is 13.8 Å². The van der Waals surface area contributed by atoms with Crippen LogP contribution in [0.5, 0.6) is 0 Å². The van der Waals surface area contributed by atoms with E-state index in [0.29, 0.717) is 25.6 Å². The summed E-state index contributed by atoms with van der Waals surface area (Å²) in [6.45, 7) is 10.7. The summed E-state index contributed by atoms with van der Waals surface area (Å²) in [5.41, 5.74) is 0. The van der Waals surface area contributed by atoms with Gasteiger partial charge < -0.3 is 9.47 Å². The molecule has 0 aromatic carbocycles. The minimum atomic E-state index is -2.79. The molecule has 1 heterocycles. The monoisotopic (exact) mass is 293 g/mol. The lowest BCUT2D eigenvalue weighted by Gasteiger charge is -2.28. The van der Waals surface area contributed by atoms with E-state index in [-0.39, 0.29) is 23.9 Å². The van der Waals surface area contributed by atoms with Crippen molar-refractivity contribution in [3.05, 3.63) is 0 Å². The molecule has 0 spiro atoms. The molecule has 5 nitrogen and oxygen atoms in total. The van der Waals surface area contributed by atoms with Crippen molar-refractivity contribution in [1.29, 1.82) is 0 Å². The molecule has 1 atom stereocenters. The first-order valence-electron chi connectivity index (χ1n) is 7.00. The van der Waals surface area contributed by atoms with E-state index in [1.54, 1.807) is 0 Å². The van der Waals surface area contributed by atoms with Crippen molar-refractivity contribution in [2.75, 3.05) is 37.7 Å². The first kappa shape index (κ1) is 16.9. The van der Waals surface area contributed by atoms with E-state index in [0.717, 1.165) is 6.54 Å². The van der Waals surface area contributed by atoms with Gasteiger partial charge >= 0.3 is 0 Å². The minimum absolute atomic E-state index is 0.146. The van der Waals surface area contributed by atoms with Crippen LogP contribution in [0.3, 0.4) is 0 Å². The molecule has 0 aromatic heterocycles. The van der Waals surface area contributed by atoms with Crippen LogP contribution in [0.1, 0.15) is 27.7 Å². The molecule has 1 saturated heterocycles.